The summed E-state index contributed by atoms with van der Waals surface area (Å²) in [7, 11) is 0. The molecule has 3 nitrogen and oxygen atoms in total. The number of benzene rings is 1. The Morgan fingerprint density at radius 1 is 1.29 bits per heavy atom. The molecule has 21 heavy (non-hydrogen) atoms. The molecule has 0 atom stereocenters. The van der Waals surface area contributed by atoms with Gasteiger partial charge in [0.1, 0.15) is 11.5 Å². The van der Waals surface area contributed by atoms with Crippen LogP contribution in [0.4, 0.5) is 0 Å². The minimum absolute atomic E-state index is 0.800. The molecule has 1 N–H and O–H groups in total. The van der Waals surface area contributed by atoms with E-state index in [1.54, 1.807) is 0 Å². The van der Waals surface area contributed by atoms with E-state index >= 15 is 0 Å². The highest BCUT2D eigenvalue weighted by molar-refractivity contribution is 5.93. The van der Waals surface area contributed by atoms with Crippen LogP contribution in [0.25, 0.3) is 22.2 Å². The largest absolute Gasteiger partial charge is 0.345 e. The zero-order valence-electron chi connectivity index (χ0n) is 12.3. The number of H-pyrrole nitrogens is 1. The highest BCUT2D eigenvalue weighted by atomic mass is 14.9. The summed E-state index contributed by atoms with van der Waals surface area (Å²) in [4.78, 5) is 12.6. The van der Waals surface area contributed by atoms with Gasteiger partial charge in [-0.2, -0.15) is 0 Å². The third-order valence-electron chi connectivity index (χ3n) is 4.51. The minimum atomic E-state index is 0.800. The first-order valence-corrected chi connectivity index (χ1v) is 7.69. The van der Waals surface area contributed by atoms with Crippen molar-refractivity contribution < 1.29 is 0 Å². The normalized spacial score (nSPS) is 15.3. The van der Waals surface area contributed by atoms with Crippen molar-refractivity contribution in [3.05, 3.63) is 48.0 Å². The van der Waals surface area contributed by atoms with Gasteiger partial charge in [0.15, 0.2) is 0 Å². The lowest BCUT2D eigenvalue weighted by molar-refractivity contribution is 0.309. The molecule has 0 saturated heterocycles. The van der Waals surface area contributed by atoms with E-state index in [1.165, 1.54) is 36.0 Å². The summed E-state index contributed by atoms with van der Waals surface area (Å²) in [6.07, 6.45) is 9.08. The predicted octanol–water partition coefficient (Wildman–Crippen LogP) is 4.28. The fourth-order valence-corrected chi connectivity index (χ4v) is 3.05. The first kappa shape index (κ1) is 12.6. The average molecular weight is 277 g/mol. The number of hydrogen-bond acceptors (Lipinski definition) is 2. The van der Waals surface area contributed by atoms with Crippen molar-refractivity contribution >= 4 is 11.0 Å². The first-order chi connectivity index (χ1) is 10.3. The van der Waals surface area contributed by atoms with Gasteiger partial charge in [-0.05, 0) is 18.4 Å². The molecule has 2 aromatic heterocycles. The molecular weight excluding hydrogens is 258 g/mol. The number of rotatable bonds is 3. The molecular formula is C18H19N3. The van der Waals surface area contributed by atoms with Crippen molar-refractivity contribution in [1.82, 2.24) is 15.0 Å². The number of aromatic amines is 1. The Morgan fingerprint density at radius 2 is 2.19 bits per heavy atom. The van der Waals surface area contributed by atoms with Gasteiger partial charge in [0.2, 0.25) is 0 Å². The molecule has 1 aliphatic carbocycles. The van der Waals surface area contributed by atoms with Crippen molar-refractivity contribution in [3.8, 4) is 11.1 Å². The molecule has 0 unspecified atom stereocenters. The second kappa shape index (κ2) is 4.99. The molecule has 1 saturated carbocycles. The Labute approximate surface area is 124 Å². The van der Waals surface area contributed by atoms with Crippen LogP contribution < -0.4 is 0 Å². The average Bonchev–Trinajstić information content (AvgIpc) is 2.86. The predicted molar refractivity (Wildman–Crippen MR) is 85.1 cm³/mol. The topological polar surface area (TPSA) is 41.6 Å². The third-order valence-corrected chi connectivity index (χ3v) is 4.51. The maximum atomic E-state index is 4.70. The highest BCUT2D eigenvalue weighted by Gasteiger charge is 2.19. The van der Waals surface area contributed by atoms with Gasteiger partial charge in [-0.1, -0.05) is 49.1 Å². The standard InChI is InChI=1S/C18H19N3/c1-12-4-2-7-14(8-12)15-10-20-18-16(15)11-19-17(21-18)9-13-5-3-6-13/h2,4,7-8,10-11,13H,3,5-6,9H2,1H3,(H,19,20,21). The fraction of sp³-hybridized carbons (Fsp3) is 0.333. The monoisotopic (exact) mass is 277 g/mol. The van der Waals surface area contributed by atoms with Crippen LogP contribution in [0.5, 0.6) is 0 Å². The first-order valence-electron chi connectivity index (χ1n) is 7.69. The van der Waals surface area contributed by atoms with Crippen LogP contribution >= 0.6 is 0 Å². The van der Waals surface area contributed by atoms with Crippen molar-refractivity contribution in [3.63, 3.8) is 0 Å². The van der Waals surface area contributed by atoms with Crippen LogP contribution in [0.1, 0.15) is 30.7 Å². The van der Waals surface area contributed by atoms with E-state index in [4.69, 9.17) is 4.98 Å². The number of hydrogen-bond donors (Lipinski definition) is 1. The molecule has 0 bridgehead atoms. The SMILES string of the molecule is Cc1cccc(-c2c[nH]c3nc(CC4CCC4)ncc23)c1. The Balaban J connectivity index is 1.71. The number of nitrogens with one attached hydrogen (secondary N) is 1. The summed E-state index contributed by atoms with van der Waals surface area (Å²) in [5, 5.41) is 1.11. The third kappa shape index (κ3) is 2.33. The fourth-order valence-electron chi connectivity index (χ4n) is 3.05. The molecule has 4 rings (SSSR count). The van der Waals surface area contributed by atoms with Crippen LogP contribution in [0.15, 0.2) is 36.7 Å². The van der Waals surface area contributed by atoms with Gasteiger partial charge >= 0.3 is 0 Å². The highest BCUT2D eigenvalue weighted by Crippen LogP contribution is 2.31. The number of aromatic nitrogens is 3. The molecule has 0 radical (unpaired) electrons. The molecule has 0 spiro atoms. The lowest BCUT2D eigenvalue weighted by Crippen LogP contribution is -2.15. The van der Waals surface area contributed by atoms with Gasteiger partial charge in [-0.3, -0.25) is 0 Å². The van der Waals surface area contributed by atoms with E-state index < -0.39 is 0 Å². The molecule has 3 aromatic rings. The molecule has 1 aliphatic rings. The van der Waals surface area contributed by atoms with Crippen molar-refractivity contribution in [2.45, 2.75) is 32.6 Å². The summed E-state index contributed by atoms with van der Waals surface area (Å²) in [5.41, 5.74) is 4.63. The van der Waals surface area contributed by atoms with Crippen molar-refractivity contribution in [2.75, 3.05) is 0 Å². The summed E-state index contributed by atoms with van der Waals surface area (Å²) in [6, 6.07) is 8.55. The Hall–Kier alpha value is -2.16. The van der Waals surface area contributed by atoms with E-state index in [0.717, 1.165) is 29.2 Å². The summed E-state index contributed by atoms with van der Waals surface area (Å²) < 4.78 is 0. The molecule has 0 aliphatic heterocycles. The quantitative estimate of drug-likeness (QED) is 0.776. The molecule has 106 valence electrons. The number of fused-ring (bicyclic) bond motifs is 1. The van der Waals surface area contributed by atoms with E-state index in [-0.39, 0.29) is 0 Å². The van der Waals surface area contributed by atoms with Gasteiger partial charge in [-0.25, -0.2) is 9.97 Å². The Kier molecular flexibility index (Phi) is 2.99. The van der Waals surface area contributed by atoms with Crippen LogP contribution in [0.3, 0.4) is 0 Å². The molecule has 0 amide bonds. The second-order valence-electron chi connectivity index (χ2n) is 6.12. The summed E-state index contributed by atoms with van der Waals surface area (Å²) >= 11 is 0. The van der Waals surface area contributed by atoms with Crippen LogP contribution in [0.2, 0.25) is 0 Å². The maximum absolute atomic E-state index is 4.70. The molecule has 2 heterocycles. The Bertz CT molecular complexity index is 784. The lowest BCUT2D eigenvalue weighted by atomic mass is 9.83. The zero-order valence-corrected chi connectivity index (χ0v) is 12.3. The molecule has 1 aromatic carbocycles. The second-order valence-corrected chi connectivity index (χ2v) is 6.12. The maximum Gasteiger partial charge on any atom is 0.141 e. The summed E-state index contributed by atoms with van der Waals surface area (Å²) in [6.45, 7) is 2.12. The van der Waals surface area contributed by atoms with Crippen molar-refractivity contribution in [2.24, 2.45) is 5.92 Å². The van der Waals surface area contributed by atoms with Gasteiger partial charge in [0, 0.05) is 29.8 Å². The minimum Gasteiger partial charge on any atom is -0.345 e. The van der Waals surface area contributed by atoms with Gasteiger partial charge < -0.3 is 4.98 Å². The van der Waals surface area contributed by atoms with E-state index in [9.17, 15) is 0 Å². The van der Waals surface area contributed by atoms with E-state index in [0.29, 0.717) is 0 Å². The molecule has 1 fully saturated rings. The van der Waals surface area contributed by atoms with E-state index in [1.807, 2.05) is 12.4 Å². The van der Waals surface area contributed by atoms with Crippen LogP contribution in [0, 0.1) is 12.8 Å². The van der Waals surface area contributed by atoms with Gasteiger partial charge in [0.05, 0.1) is 0 Å². The molecule has 3 heteroatoms. The van der Waals surface area contributed by atoms with Gasteiger partial charge in [0.25, 0.3) is 0 Å². The van der Waals surface area contributed by atoms with Crippen LogP contribution in [-0.2, 0) is 6.42 Å². The van der Waals surface area contributed by atoms with Crippen LogP contribution in [-0.4, -0.2) is 15.0 Å². The van der Waals surface area contributed by atoms with Gasteiger partial charge in [-0.15, -0.1) is 0 Å². The Morgan fingerprint density at radius 3 is 2.95 bits per heavy atom. The lowest BCUT2D eigenvalue weighted by Gasteiger charge is -2.24. The van der Waals surface area contributed by atoms with Crippen molar-refractivity contribution in [1.29, 1.82) is 0 Å². The summed E-state index contributed by atoms with van der Waals surface area (Å²) in [5.74, 6) is 1.78. The van der Waals surface area contributed by atoms with E-state index in [2.05, 4.69) is 41.2 Å². The number of aryl methyl sites for hydroxylation is 1. The number of nitrogens with zero attached hydrogens (tertiary/aromatic N) is 2. The zero-order chi connectivity index (χ0) is 14.2. The smallest absolute Gasteiger partial charge is 0.141 e.